The molecule has 2 N–H and O–H groups in total. The summed E-state index contributed by atoms with van der Waals surface area (Å²) < 4.78 is 0. The van der Waals surface area contributed by atoms with Crippen molar-refractivity contribution in [1.29, 1.82) is 0 Å². The third kappa shape index (κ3) is 4.05. The van der Waals surface area contributed by atoms with E-state index in [9.17, 15) is 0 Å². The Morgan fingerprint density at radius 3 is 2.26 bits per heavy atom. The lowest BCUT2D eigenvalue weighted by molar-refractivity contribution is 0.130. The Morgan fingerprint density at radius 1 is 1.16 bits per heavy atom. The molecule has 108 valence electrons. The zero-order valence-corrected chi connectivity index (χ0v) is 13.2. The number of hydrogen-bond acceptors (Lipinski definition) is 2. The highest BCUT2D eigenvalue weighted by molar-refractivity contribution is 5.30. The Bertz CT molecular complexity index is 373. The smallest absolute Gasteiger partial charge is 0.0504 e. The topological polar surface area (TPSA) is 29.3 Å². The molecule has 0 bridgehead atoms. The van der Waals surface area contributed by atoms with Crippen molar-refractivity contribution < 1.29 is 0 Å². The molecule has 0 fully saturated rings. The lowest BCUT2D eigenvalue weighted by atomic mass is 9.92. The molecule has 0 aromatic heterocycles. The molecule has 0 aliphatic heterocycles. The van der Waals surface area contributed by atoms with Crippen LogP contribution in [-0.4, -0.2) is 23.5 Å². The van der Waals surface area contributed by atoms with E-state index in [0.717, 1.165) is 19.4 Å². The first-order chi connectivity index (χ1) is 9.02. The van der Waals surface area contributed by atoms with Crippen LogP contribution in [0.2, 0.25) is 0 Å². The standard InChI is InChI=1S/C17H30N2/c1-6-12-19(13(3)4)17(16(18)7-2)15-11-9-8-10-14(15)5/h8-11,13,16-17H,6-7,12,18H2,1-5H3. The summed E-state index contributed by atoms with van der Waals surface area (Å²) in [6, 6.07) is 9.69. The van der Waals surface area contributed by atoms with Gasteiger partial charge in [-0.05, 0) is 51.3 Å². The second-order valence-electron chi connectivity index (χ2n) is 5.71. The molecule has 0 saturated heterocycles. The van der Waals surface area contributed by atoms with Crippen molar-refractivity contribution in [2.45, 2.75) is 65.6 Å². The number of nitrogens with two attached hydrogens (primary N) is 1. The molecule has 0 spiro atoms. The van der Waals surface area contributed by atoms with Crippen LogP contribution in [0.15, 0.2) is 24.3 Å². The van der Waals surface area contributed by atoms with Crippen molar-refractivity contribution in [3.8, 4) is 0 Å². The van der Waals surface area contributed by atoms with E-state index >= 15 is 0 Å². The summed E-state index contributed by atoms with van der Waals surface area (Å²) in [5, 5.41) is 0. The Labute approximate surface area is 119 Å². The van der Waals surface area contributed by atoms with E-state index in [0.29, 0.717) is 12.1 Å². The minimum Gasteiger partial charge on any atom is -0.326 e. The summed E-state index contributed by atoms with van der Waals surface area (Å²) in [6.45, 7) is 12.2. The van der Waals surface area contributed by atoms with Crippen molar-refractivity contribution in [3.05, 3.63) is 35.4 Å². The van der Waals surface area contributed by atoms with Crippen molar-refractivity contribution in [2.75, 3.05) is 6.54 Å². The molecule has 1 rings (SSSR count). The predicted molar refractivity (Wildman–Crippen MR) is 84.3 cm³/mol. The van der Waals surface area contributed by atoms with Crippen LogP contribution in [-0.2, 0) is 0 Å². The molecule has 1 aromatic rings. The third-order valence-electron chi connectivity index (χ3n) is 3.89. The van der Waals surface area contributed by atoms with Crippen LogP contribution >= 0.6 is 0 Å². The van der Waals surface area contributed by atoms with Crippen LogP contribution in [0.1, 0.15) is 57.7 Å². The third-order valence-corrected chi connectivity index (χ3v) is 3.89. The summed E-state index contributed by atoms with van der Waals surface area (Å²) >= 11 is 0. The zero-order valence-electron chi connectivity index (χ0n) is 13.2. The Balaban J connectivity index is 3.17. The van der Waals surface area contributed by atoms with Crippen molar-refractivity contribution in [2.24, 2.45) is 5.73 Å². The second-order valence-corrected chi connectivity index (χ2v) is 5.71. The maximum atomic E-state index is 6.45. The normalized spacial score (nSPS) is 14.9. The van der Waals surface area contributed by atoms with Gasteiger partial charge < -0.3 is 5.73 Å². The maximum absolute atomic E-state index is 6.45. The molecule has 0 aliphatic carbocycles. The van der Waals surface area contributed by atoms with Crippen molar-refractivity contribution in [1.82, 2.24) is 4.90 Å². The molecule has 1 aromatic carbocycles. The van der Waals surface area contributed by atoms with Crippen LogP contribution in [0.5, 0.6) is 0 Å². The fourth-order valence-corrected chi connectivity index (χ4v) is 2.77. The van der Waals surface area contributed by atoms with Gasteiger partial charge in [-0.3, -0.25) is 4.90 Å². The lowest BCUT2D eigenvalue weighted by Gasteiger charge is -2.39. The molecule has 0 saturated carbocycles. The highest BCUT2D eigenvalue weighted by Gasteiger charge is 2.27. The molecule has 19 heavy (non-hydrogen) atoms. The number of aryl methyl sites for hydroxylation is 1. The van der Waals surface area contributed by atoms with Crippen LogP contribution < -0.4 is 5.73 Å². The summed E-state index contributed by atoms with van der Waals surface area (Å²) in [7, 11) is 0. The van der Waals surface area contributed by atoms with Gasteiger partial charge in [0.05, 0.1) is 6.04 Å². The zero-order chi connectivity index (χ0) is 14.4. The van der Waals surface area contributed by atoms with E-state index < -0.39 is 0 Å². The van der Waals surface area contributed by atoms with Gasteiger partial charge in [-0.2, -0.15) is 0 Å². The van der Waals surface area contributed by atoms with Gasteiger partial charge in [-0.1, -0.05) is 38.1 Å². The predicted octanol–water partition coefficient (Wildman–Crippen LogP) is 3.89. The first kappa shape index (κ1) is 16.2. The molecular weight excluding hydrogens is 232 g/mol. The number of benzene rings is 1. The van der Waals surface area contributed by atoms with Crippen LogP contribution in [0.25, 0.3) is 0 Å². The van der Waals surface area contributed by atoms with E-state index in [1.165, 1.54) is 11.1 Å². The van der Waals surface area contributed by atoms with Crippen molar-refractivity contribution >= 4 is 0 Å². The Kier molecular flexibility index (Phi) is 6.53. The monoisotopic (exact) mass is 262 g/mol. The van der Waals surface area contributed by atoms with Gasteiger partial charge in [0.15, 0.2) is 0 Å². The Hall–Kier alpha value is -0.860. The minimum atomic E-state index is 0.190. The second kappa shape index (κ2) is 7.66. The van der Waals surface area contributed by atoms with E-state index in [1.807, 2.05) is 0 Å². The molecular formula is C17H30N2. The number of rotatable bonds is 7. The lowest BCUT2D eigenvalue weighted by Crippen LogP contribution is -2.44. The van der Waals surface area contributed by atoms with Crippen LogP contribution in [0.4, 0.5) is 0 Å². The molecule has 2 unspecified atom stereocenters. The number of nitrogens with zero attached hydrogens (tertiary/aromatic N) is 1. The number of hydrogen-bond donors (Lipinski definition) is 1. The summed E-state index contributed by atoms with van der Waals surface area (Å²) in [6.07, 6.45) is 2.17. The average Bonchev–Trinajstić information content (AvgIpc) is 2.39. The molecule has 0 amide bonds. The maximum Gasteiger partial charge on any atom is 0.0504 e. The highest BCUT2D eigenvalue weighted by atomic mass is 15.2. The largest absolute Gasteiger partial charge is 0.326 e. The minimum absolute atomic E-state index is 0.190. The van der Waals surface area contributed by atoms with E-state index in [2.05, 4.69) is 63.8 Å². The quantitative estimate of drug-likeness (QED) is 0.807. The van der Waals surface area contributed by atoms with E-state index in [4.69, 9.17) is 5.73 Å². The van der Waals surface area contributed by atoms with Gasteiger partial charge in [0.25, 0.3) is 0 Å². The van der Waals surface area contributed by atoms with Gasteiger partial charge >= 0.3 is 0 Å². The van der Waals surface area contributed by atoms with Gasteiger partial charge in [-0.15, -0.1) is 0 Å². The molecule has 0 heterocycles. The fraction of sp³-hybridized carbons (Fsp3) is 0.647. The first-order valence-electron chi connectivity index (χ1n) is 7.59. The summed E-state index contributed by atoms with van der Waals surface area (Å²) in [5.74, 6) is 0. The Morgan fingerprint density at radius 2 is 1.79 bits per heavy atom. The van der Waals surface area contributed by atoms with Crippen molar-refractivity contribution in [3.63, 3.8) is 0 Å². The van der Waals surface area contributed by atoms with E-state index in [-0.39, 0.29) is 6.04 Å². The van der Waals surface area contributed by atoms with Gasteiger partial charge in [0.1, 0.15) is 0 Å². The first-order valence-corrected chi connectivity index (χ1v) is 7.59. The summed E-state index contributed by atoms with van der Waals surface area (Å²) in [5.41, 5.74) is 9.18. The van der Waals surface area contributed by atoms with Crippen LogP contribution in [0.3, 0.4) is 0 Å². The van der Waals surface area contributed by atoms with Crippen LogP contribution in [0, 0.1) is 6.92 Å². The molecule has 2 heteroatoms. The average molecular weight is 262 g/mol. The highest BCUT2D eigenvalue weighted by Crippen LogP contribution is 2.29. The molecule has 2 nitrogen and oxygen atoms in total. The van der Waals surface area contributed by atoms with Gasteiger partial charge in [0, 0.05) is 12.1 Å². The molecule has 0 radical (unpaired) electrons. The van der Waals surface area contributed by atoms with Gasteiger partial charge in [0.2, 0.25) is 0 Å². The van der Waals surface area contributed by atoms with Gasteiger partial charge in [-0.25, -0.2) is 0 Å². The van der Waals surface area contributed by atoms with E-state index in [1.54, 1.807) is 0 Å². The fourth-order valence-electron chi connectivity index (χ4n) is 2.77. The SMILES string of the molecule is CCCN(C(C)C)C(c1ccccc1C)C(N)CC. The molecule has 2 atom stereocenters. The summed E-state index contributed by atoms with van der Waals surface area (Å²) in [4.78, 5) is 2.55. The molecule has 0 aliphatic rings.